The van der Waals surface area contributed by atoms with Crippen LogP contribution in [0, 0.1) is 11.7 Å². The van der Waals surface area contributed by atoms with Crippen LogP contribution in [-0.4, -0.2) is 57.6 Å². The van der Waals surface area contributed by atoms with Gasteiger partial charge in [0.15, 0.2) is 5.69 Å². The fraction of sp³-hybridized carbons (Fsp3) is 0.565. The van der Waals surface area contributed by atoms with E-state index < -0.39 is 0 Å². The number of H-pyrrole nitrogens is 1. The van der Waals surface area contributed by atoms with Crippen LogP contribution in [0.25, 0.3) is 0 Å². The average molecular weight is 394 g/mol. The van der Waals surface area contributed by atoms with Crippen molar-refractivity contribution in [2.75, 3.05) is 19.6 Å². The second-order valence-electron chi connectivity index (χ2n) is 9.21. The number of piperidine rings is 3. The smallest absolute Gasteiger partial charge is 0.274 e. The van der Waals surface area contributed by atoms with Crippen LogP contribution < -0.4 is 0 Å². The lowest BCUT2D eigenvalue weighted by Gasteiger charge is -2.51. The Labute approximate surface area is 170 Å². The number of halogens is 1. The second kappa shape index (κ2) is 6.66. The van der Waals surface area contributed by atoms with Crippen molar-refractivity contribution in [1.82, 2.24) is 20.0 Å². The van der Waals surface area contributed by atoms with E-state index in [0.717, 1.165) is 49.2 Å². The predicted molar refractivity (Wildman–Crippen MR) is 107 cm³/mol. The Morgan fingerprint density at radius 2 is 1.83 bits per heavy atom. The summed E-state index contributed by atoms with van der Waals surface area (Å²) in [5.74, 6) is 0.694. The van der Waals surface area contributed by atoms with E-state index in [-0.39, 0.29) is 23.7 Å². The van der Waals surface area contributed by atoms with Crippen LogP contribution in [0.3, 0.4) is 0 Å². The van der Waals surface area contributed by atoms with Crippen molar-refractivity contribution < 1.29 is 9.18 Å². The van der Waals surface area contributed by atoms with Gasteiger partial charge in [-0.15, -0.1) is 0 Å². The summed E-state index contributed by atoms with van der Waals surface area (Å²) >= 11 is 0. The van der Waals surface area contributed by atoms with E-state index >= 15 is 0 Å². The molecule has 4 fully saturated rings. The number of aryl methyl sites for hydroxylation is 1. The monoisotopic (exact) mass is 394 g/mol. The van der Waals surface area contributed by atoms with Gasteiger partial charge in [0.2, 0.25) is 0 Å². The van der Waals surface area contributed by atoms with Crippen molar-refractivity contribution in [3.63, 3.8) is 0 Å². The molecule has 0 spiro atoms. The highest BCUT2D eigenvalue weighted by molar-refractivity contribution is 5.94. The zero-order valence-electron chi connectivity index (χ0n) is 16.6. The van der Waals surface area contributed by atoms with Gasteiger partial charge in [-0.05, 0) is 75.2 Å². The van der Waals surface area contributed by atoms with Gasteiger partial charge in [0, 0.05) is 29.8 Å². The minimum atomic E-state index is -0.204. The van der Waals surface area contributed by atoms with Gasteiger partial charge in [0.05, 0.1) is 6.04 Å². The molecule has 1 N–H and O–H groups in total. The maximum Gasteiger partial charge on any atom is 0.274 e. The van der Waals surface area contributed by atoms with Gasteiger partial charge in [0.25, 0.3) is 5.91 Å². The molecule has 7 rings (SSSR count). The van der Waals surface area contributed by atoms with Crippen molar-refractivity contribution in [2.45, 2.75) is 56.5 Å². The van der Waals surface area contributed by atoms with Crippen LogP contribution in [-0.2, 0) is 12.8 Å². The standard InChI is InChI=1S/C23H27FN4O/c24-16-7-5-14(6-8-16)18-13-28(21-15-9-11-27(12-10-15)22(18)21)23(29)20-17-3-1-2-4-19(17)25-26-20/h5-8,15,18,21-22H,1-4,9-13H2,(H,25,26)/t18-,21+,22+/m0/s1. The molecule has 4 saturated heterocycles. The zero-order valence-corrected chi connectivity index (χ0v) is 16.6. The van der Waals surface area contributed by atoms with Crippen molar-refractivity contribution in [2.24, 2.45) is 5.92 Å². The quantitative estimate of drug-likeness (QED) is 0.852. The Morgan fingerprint density at radius 3 is 2.62 bits per heavy atom. The van der Waals surface area contributed by atoms with Gasteiger partial charge >= 0.3 is 0 Å². The number of rotatable bonds is 2. The minimum Gasteiger partial charge on any atom is -0.332 e. The lowest BCUT2D eigenvalue weighted by Crippen LogP contribution is -2.60. The van der Waals surface area contributed by atoms with E-state index in [1.165, 1.54) is 19.3 Å². The third-order valence-electron chi connectivity index (χ3n) is 7.81. The second-order valence-corrected chi connectivity index (χ2v) is 9.21. The Kier molecular flexibility index (Phi) is 4.05. The Hall–Kier alpha value is -2.21. The molecule has 6 heteroatoms. The summed E-state index contributed by atoms with van der Waals surface area (Å²) in [4.78, 5) is 18.4. The molecule has 5 heterocycles. The summed E-state index contributed by atoms with van der Waals surface area (Å²) in [5, 5.41) is 7.61. The Bertz CT molecular complexity index is 931. The molecule has 5 aliphatic rings. The summed E-state index contributed by atoms with van der Waals surface area (Å²) in [6, 6.07) is 7.50. The number of nitrogens with one attached hydrogen (secondary N) is 1. The number of likely N-dealkylation sites (tertiary alicyclic amines) is 1. The van der Waals surface area contributed by atoms with Crippen molar-refractivity contribution in [3.8, 4) is 0 Å². The van der Waals surface area contributed by atoms with Gasteiger partial charge in [-0.3, -0.25) is 14.8 Å². The maximum absolute atomic E-state index is 13.7. The molecular formula is C23H27FN4O. The highest BCUT2D eigenvalue weighted by Gasteiger charge is 2.55. The number of carbonyl (C=O) groups excluding carboxylic acids is 1. The topological polar surface area (TPSA) is 52.2 Å². The number of aromatic nitrogens is 2. The molecule has 5 nitrogen and oxygen atoms in total. The van der Waals surface area contributed by atoms with Crippen LogP contribution in [0.4, 0.5) is 4.39 Å². The van der Waals surface area contributed by atoms with Gasteiger partial charge in [0.1, 0.15) is 5.82 Å². The molecule has 3 atom stereocenters. The maximum atomic E-state index is 13.7. The van der Waals surface area contributed by atoms with E-state index in [2.05, 4.69) is 20.0 Å². The molecule has 2 bridgehead atoms. The molecule has 0 saturated carbocycles. The number of benzene rings is 1. The number of hydrogen-bond donors (Lipinski definition) is 1. The van der Waals surface area contributed by atoms with Crippen molar-refractivity contribution in [3.05, 3.63) is 52.6 Å². The molecule has 1 aliphatic carbocycles. The highest BCUT2D eigenvalue weighted by atomic mass is 19.1. The average Bonchev–Trinajstić information content (AvgIpc) is 3.38. The number of aromatic amines is 1. The zero-order chi connectivity index (χ0) is 19.5. The van der Waals surface area contributed by atoms with Gasteiger partial charge in [-0.25, -0.2) is 4.39 Å². The van der Waals surface area contributed by atoms with Gasteiger partial charge in [-0.2, -0.15) is 5.10 Å². The number of nitrogens with zero attached hydrogens (tertiary/aromatic N) is 3. The number of fused-ring (bicyclic) bond motifs is 3. The van der Waals surface area contributed by atoms with Crippen LogP contribution in [0.1, 0.15) is 58.9 Å². The summed E-state index contributed by atoms with van der Waals surface area (Å²) in [5.41, 5.74) is 4.09. The summed E-state index contributed by atoms with van der Waals surface area (Å²) in [6.07, 6.45) is 6.58. The van der Waals surface area contributed by atoms with Gasteiger partial charge in [-0.1, -0.05) is 12.1 Å². The molecule has 4 aliphatic heterocycles. The first-order valence-electron chi connectivity index (χ1n) is 11.1. The Morgan fingerprint density at radius 1 is 1.07 bits per heavy atom. The molecule has 152 valence electrons. The molecule has 1 amide bonds. The number of hydrogen-bond acceptors (Lipinski definition) is 3. The van der Waals surface area contributed by atoms with Crippen LogP contribution in [0.2, 0.25) is 0 Å². The van der Waals surface area contributed by atoms with Crippen molar-refractivity contribution in [1.29, 1.82) is 0 Å². The molecule has 1 aromatic heterocycles. The lowest BCUT2D eigenvalue weighted by atomic mass is 9.75. The third kappa shape index (κ3) is 2.68. The van der Waals surface area contributed by atoms with E-state index in [9.17, 15) is 9.18 Å². The number of carbonyl (C=O) groups is 1. The first-order chi connectivity index (χ1) is 14.2. The van der Waals surface area contributed by atoms with E-state index in [1.54, 1.807) is 12.1 Å². The number of amides is 1. The minimum absolute atomic E-state index is 0.0951. The summed E-state index contributed by atoms with van der Waals surface area (Å²) in [6.45, 7) is 2.93. The van der Waals surface area contributed by atoms with Crippen LogP contribution in [0.5, 0.6) is 0 Å². The molecule has 2 aromatic rings. The van der Waals surface area contributed by atoms with Crippen LogP contribution >= 0.6 is 0 Å². The van der Waals surface area contributed by atoms with E-state index in [1.807, 2.05) is 12.1 Å². The van der Waals surface area contributed by atoms with E-state index in [4.69, 9.17) is 0 Å². The van der Waals surface area contributed by atoms with Crippen molar-refractivity contribution >= 4 is 5.91 Å². The van der Waals surface area contributed by atoms with Crippen LogP contribution in [0.15, 0.2) is 24.3 Å². The largest absolute Gasteiger partial charge is 0.332 e. The molecular weight excluding hydrogens is 367 g/mol. The molecule has 0 unspecified atom stereocenters. The third-order valence-corrected chi connectivity index (χ3v) is 7.81. The normalized spacial score (nSPS) is 32.9. The predicted octanol–water partition coefficient (Wildman–Crippen LogP) is 3.13. The van der Waals surface area contributed by atoms with Gasteiger partial charge < -0.3 is 4.90 Å². The first-order valence-corrected chi connectivity index (χ1v) is 11.1. The lowest BCUT2D eigenvalue weighted by molar-refractivity contribution is -0.00362. The SMILES string of the molecule is O=C(c1n[nH]c2c1CCCC2)N1C[C@@H](c2ccc(F)cc2)[C@@H]2[C@H]1C1CCN2CC1. The highest BCUT2D eigenvalue weighted by Crippen LogP contribution is 2.47. The fourth-order valence-corrected chi connectivity index (χ4v) is 6.45. The van der Waals surface area contributed by atoms with E-state index in [0.29, 0.717) is 24.2 Å². The first kappa shape index (κ1) is 17.6. The summed E-state index contributed by atoms with van der Waals surface area (Å²) in [7, 11) is 0. The molecule has 0 radical (unpaired) electrons. The summed E-state index contributed by atoms with van der Waals surface area (Å²) < 4.78 is 13.5. The Balaban J connectivity index is 1.37. The fourth-order valence-electron chi connectivity index (χ4n) is 6.45. The molecule has 1 aromatic carbocycles. The molecule has 29 heavy (non-hydrogen) atoms.